The maximum Gasteiger partial charge on any atom is 0.193 e. The van der Waals surface area contributed by atoms with E-state index in [0.717, 1.165) is 38.6 Å². The third-order valence-electron chi connectivity index (χ3n) is 4.80. The van der Waals surface area contributed by atoms with Gasteiger partial charge in [0, 0.05) is 32.6 Å². The number of rotatable bonds is 6. The normalized spacial score (nSPS) is 16.9. The molecule has 5 heteroatoms. The molecule has 2 aromatic rings. The SMILES string of the molecule is CN=C(NCc1cccc(C)c1)N1CCC(COCc2ccccc2)C1.I. The van der Waals surface area contributed by atoms with E-state index < -0.39 is 0 Å². The average Bonchev–Trinajstić information content (AvgIpc) is 3.12. The number of hydrogen-bond donors (Lipinski definition) is 1. The number of aliphatic imine (C=N–C) groups is 1. The van der Waals surface area contributed by atoms with E-state index >= 15 is 0 Å². The van der Waals surface area contributed by atoms with Crippen molar-refractivity contribution >= 4 is 29.9 Å². The Morgan fingerprint density at radius 2 is 1.93 bits per heavy atom. The number of guanidine groups is 1. The summed E-state index contributed by atoms with van der Waals surface area (Å²) < 4.78 is 5.92. The molecule has 1 atom stereocenters. The maximum atomic E-state index is 5.92. The summed E-state index contributed by atoms with van der Waals surface area (Å²) in [6, 6.07) is 19.0. The van der Waals surface area contributed by atoms with E-state index in [1.54, 1.807) is 0 Å². The average molecular weight is 479 g/mol. The van der Waals surface area contributed by atoms with Crippen LogP contribution < -0.4 is 5.32 Å². The van der Waals surface area contributed by atoms with Gasteiger partial charge in [-0.05, 0) is 24.5 Å². The molecular formula is C22H30IN3O. The van der Waals surface area contributed by atoms with Gasteiger partial charge in [-0.15, -0.1) is 24.0 Å². The molecule has 0 spiro atoms. The first-order valence-corrected chi connectivity index (χ1v) is 9.37. The van der Waals surface area contributed by atoms with Crippen molar-refractivity contribution in [3.63, 3.8) is 0 Å². The van der Waals surface area contributed by atoms with Crippen LogP contribution in [0.2, 0.25) is 0 Å². The smallest absolute Gasteiger partial charge is 0.193 e. The van der Waals surface area contributed by atoms with Crippen LogP contribution in [0, 0.1) is 12.8 Å². The number of likely N-dealkylation sites (tertiary alicyclic amines) is 1. The fraction of sp³-hybridized carbons (Fsp3) is 0.409. The quantitative estimate of drug-likeness (QED) is 0.383. The van der Waals surface area contributed by atoms with Crippen molar-refractivity contribution in [2.45, 2.75) is 26.5 Å². The Morgan fingerprint density at radius 3 is 2.67 bits per heavy atom. The Bertz CT molecular complexity index is 721. The van der Waals surface area contributed by atoms with Crippen molar-refractivity contribution in [3.05, 3.63) is 71.3 Å². The summed E-state index contributed by atoms with van der Waals surface area (Å²) in [5, 5.41) is 3.49. The Morgan fingerprint density at radius 1 is 1.15 bits per heavy atom. The number of benzene rings is 2. The predicted octanol–water partition coefficient (Wildman–Crippen LogP) is 4.23. The Balaban J connectivity index is 0.00000261. The van der Waals surface area contributed by atoms with Gasteiger partial charge in [0.2, 0.25) is 0 Å². The van der Waals surface area contributed by atoms with Crippen molar-refractivity contribution in [3.8, 4) is 0 Å². The molecule has 1 aliphatic heterocycles. The lowest BCUT2D eigenvalue weighted by molar-refractivity contribution is 0.0906. The van der Waals surface area contributed by atoms with Gasteiger partial charge < -0.3 is 15.0 Å². The highest BCUT2D eigenvalue weighted by molar-refractivity contribution is 14.0. The Kier molecular flexibility index (Phi) is 9.07. The van der Waals surface area contributed by atoms with Crippen LogP contribution in [0.3, 0.4) is 0 Å². The first kappa shape index (κ1) is 21.7. The molecule has 0 radical (unpaired) electrons. The predicted molar refractivity (Wildman–Crippen MR) is 123 cm³/mol. The Labute approximate surface area is 180 Å². The zero-order valence-electron chi connectivity index (χ0n) is 16.2. The summed E-state index contributed by atoms with van der Waals surface area (Å²) in [5.74, 6) is 1.55. The van der Waals surface area contributed by atoms with E-state index in [4.69, 9.17) is 4.74 Å². The summed E-state index contributed by atoms with van der Waals surface area (Å²) in [7, 11) is 1.86. The molecule has 0 aliphatic carbocycles. The third-order valence-corrected chi connectivity index (χ3v) is 4.80. The third kappa shape index (κ3) is 6.81. The number of nitrogens with one attached hydrogen (secondary N) is 1. The van der Waals surface area contributed by atoms with Gasteiger partial charge in [0.15, 0.2) is 5.96 Å². The highest BCUT2D eigenvalue weighted by Gasteiger charge is 2.24. The lowest BCUT2D eigenvalue weighted by Crippen LogP contribution is -2.39. The molecule has 3 rings (SSSR count). The zero-order chi connectivity index (χ0) is 18.2. The van der Waals surface area contributed by atoms with Crippen LogP contribution in [0.15, 0.2) is 59.6 Å². The molecule has 1 aliphatic rings. The number of halogens is 1. The number of ether oxygens (including phenoxy) is 1. The molecule has 0 aromatic heterocycles. The standard InChI is InChI=1S/C22H29N3O.HI/c1-18-7-6-10-20(13-18)14-24-22(23-2)25-12-11-21(15-25)17-26-16-19-8-4-3-5-9-19;/h3-10,13,21H,11-12,14-17H2,1-2H3,(H,23,24);1H. The van der Waals surface area contributed by atoms with Gasteiger partial charge in [-0.25, -0.2) is 0 Å². The van der Waals surface area contributed by atoms with Crippen molar-refractivity contribution < 1.29 is 4.74 Å². The number of hydrogen-bond acceptors (Lipinski definition) is 2. The van der Waals surface area contributed by atoms with Gasteiger partial charge in [-0.2, -0.15) is 0 Å². The topological polar surface area (TPSA) is 36.9 Å². The molecule has 1 unspecified atom stereocenters. The molecule has 1 N–H and O–H groups in total. The molecular weight excluding hydrogens is 449 g/mol. The number of aryl methyl sites for hydroxylation is 1. The monoisotopic (exact) mass is 479 g/mol. The van der Waals surface area contributed by atoms with Crippen LogP contribution in [0.25, 0.3) is 0 Å². The lowest BCUT2D eigenvalue weighted by atomic mass is 10.1. The highest BCUT2D eigenvalue weighted by Crippen LogP contribution is 2.17. The summed E-state index contributed by atoms with van der Waals surface area (Å²) in [4.78, 5) is 6.80. The van der Waals surface area contributed by atoms with Crippen molar-refractivity contribution in [2.75, 3.05) is 26.7 Å². The number of nitrogens with zero attached hydrogens (tertiary/aromatic N) is 2. The van der Waals surface area contributed by atoms with E-state index in [9.17, 15) is 0 Å². The van der Waals surface area contributed by atoms with Gasteiger partial charge in [0.1, 0.15) is 0 Å². The van der Waals surface area contributed by atoms with Crippen LogP contribution in [0.1, 0.15) is 23.1 Å². The van der Waals surface area contributed by atoms with Gasteiger partial charge in [-0.1, -0.05) is 60.2 Å². The van der Waals surface area contributed by atoms with Gasteiger partial charge >= 0.3 is 0 Å². The van der Waals surface area contributed by atoms with Crippen molar-refractivity contribution in [1.82, 2.24) is 10.2 Å². The minimum Gasteiger partial charge on any atom is -0.376 e. The van der Waals surface area contributed by atoms with Crippen molar-refractivity contribution in [2.24, 2.45) is 10.9 Å². The molecule has 4 nitrogen and oxygen atoms in total. The second kappa shape index (κ2) is 11.3. The van der Waals surface area contributed by atoms with Crippen LogP contribution >= 0.6 is 24.0 Å². The molecule has 1 saturated heterocycles. The molecule has 146 valence electrons. The first-order valence-electron chi connectivity index (χ1n) is 9.37. The fourth-order valence-electron chi connectivity index (χ4n) is 3.41. The molecule has 1 heterocycles. The first-order chi connectivity index (χ1) is 12.7. The summed E-state index contributed by atoms with van der Waals surface area (Å²) in [6.07, 6.45) is 1.15. The van der Waals surface area contributed by atoms with E-state index in [-0.39, 0.29) is 24.0 Å². The zero-order valence-corrected chi connectivity index (χ0v) is 18.6. The van der Waals surface area contributed by atoms with Crippen molar-refractivity contribution in [1.29, 1.82) is 0 Å². The lowest BCUT2D eigenvalue weighted by Gasteiger charge is -2.22. The van der Waals surface area contributed by atoms with E-state index in [2.05, 4.69) is 70.7 Å². The minimum absolute atomic E-state index is 0. The van der Waals surface area contributed by atoms with Crippen LogP contribution in [0.5, 0.6) is 0 Å². The molecule has 1 fully saturated rings. The highest BCUT2D eigenvalue weighted by atomic mass is 127. The molecule has 0 amide bonds. The van der Waals surface area contributed by atoms with Gasteiger partial charge in [-0.3, -0.25) is 4.99 Å². The largest absolute Gasteiger partial charge is 0.376 e. The fourth-order valence-corrected chi connectivity index (χ4v) is 3.41. The second-order valence-electron chi connectivity index (χ2n) is 6.99. The molecule has 0 saturated carbocycles. The van der Waals surface area contributed by atoms with Gasteiger partial charge in [0.05, 0.1) is 13.2 Å². The van der Waals surface area contributed by atoms with E-state index in [1.807, 2.05) is 13.1 Å². The molecule has 0 bridgehead atoms. The van der Waals surface area contributed by atoms with Crippen LogP contribution in [0.4, 0.5) is 0 Å². The van der Waals surface area contributed by atoms with E-state index in [0.29, 0.717) is 12.5 Å². The summed E-state index contributed by atoms with van der Waals surface area (Å²) >= 11 is 0. The van der Waals surface area contributed by atoms with Crippen LogP contribution in [-0.2, 0) is 17.9 Å². The summed E-state index contributed by atoms with van der Waals surface area (Å²) in [5.41, 5.74) is 3.81. The molecule has 27 heavy (non-hydrogen) atoms. The summed E-state index contributed by atoms with van der Waals surface area (Å²) in [6.45, 7) is 6.46. The van der Waals surface area contributed by atoms with Gasteiger partial charge in [0.25, 0.3) is 0 Å². The van der Waals surface area contributed by atoms with Crippen LogP contribution in [-0.4, -0.2) is 37.6 Å². The minimum atomic E-state index is 0. The van der Waals surface area contributed by atoms with E-state index in [1.165, 1.54) is 16.7 Å². The molecule has 2 aromatic carbocycles. The second-order valence-corrected chi connectivity index (χ2v) is 6.99. The maximum absolute atomic E-state index is 5.92. The Hall–Kier alpha value is -1.60.